The summed E-state index contributed by atoms with van der Waals surface area (Å²) in [6.45, 7) is 1.91. The summed E-state index contributed by atoms with van der Waals surface area (Å²) in [5.41, 5.74) is 3.50. The minimum atomic E-state index is -0.285. The molecule has 2 aromatic carbocycles. The second-order valence-corrected chi connectivity index (χ2v) is 6.84. The quantitative estimate of drug-likeness (QED) is 0.547. The number of nitrogens with zero attached hydrogens (tertiary/aromatic N) is 2. The largest absolute Gasteiger partial charge is 0.479 e. The third-order valence-corrected chi connectivity index (χ3v) is 4.41. The van der Waals surface area contributed by atoms with Crippen LogP contribution >= 0.6 is 15.9 Å². The molecule has 1 aromatic heterocycles. The molecule has 0 fully saturated rings. The van der Waals surface area contributed by atoms with Crippen molar-refractivity contribution in [2.45, 2.75) is 6.92 Å². The number of halogens is 1. The van der Waals surface area contributed by atoms with Crippen molar-refractivity contribution in [3.63, 3.8) is 0 Å². The first-order valence-electron chi connectivity index (χ1n) is 8.46. The average Bonchev–Trinajstić information content (AvgIpc) is 3.05. The molecular weight excluding hydrogens is 420 g/mol. The van der Waals surface area contributed by atoms with Gasteiger partial charge in [0.2, 0.25) is 5.91 Å². The number of aryl methyl sites for hydroxylation is 1. The topological polar surface area (TPSA) is 90.8 Å². The predicted molar refractivity (Wildman–Crippen MR) is 112 cm³/mol. The van der Waals surface area contributed by atoms with Crippen LogP contribution in [0, 0.1) is 18.3 Å². The van der Waals surface area contributed by atoms with Gasteiger partial charge in [-0.3, -0.25) is 9.89 Å². The molecule has 3 aromatic rings. The van der Waals surface area contributed by atoms with Crippen molar-refractivity contribution in [1.29, 1.82) is 5.26 Å². The summed E-state index contributed by atoms with van der Waals surface area (Å²) in [7, 11) is 0. The number of anilines is 1. The van der Waals surface area contributed by atoms with Gasteiger partial charge in [0.05, 0.1) is 0 Å². The minimum Gasteiger partial charge on any atom is -0.479 e. The van der Waals surface area contributed by atoms with E-state index in [1.54, 1.807) is 18.2 Å². The van der Waals surface area contributed by atoms with E-state index in [4.69, 9.17) is 10.00 Å². The first-order chi connectivity index (χ1) is 13.6. The standard InChI is InChI=1S/C21H17BrN4O2/c1-14-20(16-3-2-4-17(22)13-16)21(26-25-14)24-19(27)10-7-15-5-8-18(9-6-15)28-12-11-23/h2-10,13H,12H2,1H3,(H2,24,25,26,27). The number of carbonyl (C=O) groups is 1. The molecule has 2 N–H and O–H groups in total. The van der Waals surface area contributed by atoms with Crippen LogP contribution in [-0.2, 0) is 4.79 Å². The average molecular weight is 437 g/mol. The molecule has 0 saturated heterocycles. The first-order valence-corrected chi connectivity index (χ1v) is 9.26. The highest BCUT2D eigenvalue weighted by Crippen LogP contribution is 2.31. The Bertz CT molecular complexity index is 1050. The maximum absolute atomic E-state index is 12.3. The molecule has 0 saturated carbocycles. The zero-order valence-corrected chi connectivity index (χ0v) is 16.7. The molecular formula is C21H17BrN4O2. The lowest BCUT2D eigenvalue weighted by Gasteiger charge is -2.05. The SMILES string of the molecule is Cc1[nH]nc(NC(=O)C=Cc2ccc(OCC#N)cc2)c1-c1cccc(Br)c1. The van der Waals surface area contributed by atoms with E-state index in [1.807, 2.05) is 49.4 Å². The number of hydrogen-bond donors (Lipinski definition) is 2. The molecule has 0 aliphatic heterocycles. The Morgan fingerprint density at radius 3 is 2.82 bits per heavy atom. The summed E-state index contributed by atoms with van der Waals surface area (Å²) in [5, 5.41) is 18.5. The number of aromatic amines is 1. The number of hydrogen-bond acceptors (Lipinski definition) is 4. The van der Waals surface area contributed by atoms with E-state index in [9.17, 15) is 4.79 Å². The van der Waals surface area contributed by atoms with Crippen LogP contribution in [-0.4, -0.2) is 22.7 Å². The summed E-state index contributed by atoms with van der Waals surface area (Å²) < 4.78 is 6.15. The lowest BCUT2D eigenvalue weighted by molar-refractivity contribution is -0.111. The third kappa shape index (κ3) is 4.87. The monoisotopic (exact) mass is 436 g/mol. The van der Waals surface area contributed by atoms with Crippen molar-refractivity contribution >= 4 is 33.7 Å². The van der Waals surface area contributed by atoms with E-state index in [0.717, 1.165) is 26.9 Å². The van der Waals surface area contributed by atoms with Gasteiger partial charge in [-0.15, -0.1) is 0 Å². The molecule has 0 aliphatic carbocycles. The Balaban J connectivity index is 1.70. The summed E-state index contributed by atoms with van der Waals surface area (Å²) in [6, 6.07) is 16.8. The zero-order chi connectivity index (χ0) is 19.9. The molecule has 28 heavy (non-hydrogen) atoms. The number of aromatic nitrogens is 2. The van der Waals surface area contributed by atoms with Crippen LogP contribution < -0.4 is 10.1 Å². The van der Waals surface area contributed by atoms with E-state index in [1.165, 1.54) is 6.08 Å². The Kier molecular flexibility index (Phi) is 6.25. The molecule has 7 heteroatoms. The first kappa shape index (κ1) is 19.4. The van der Waals surface area contributed by atoms with Crippen molar-refractivity contribution in [2.75, 3.05) is 11.9 Å². The van der Waals surface area contributed by atoms with Crippen molar-refractivity contribution in [1.82, 2.24) is 10.2 Å². The van der Waals surface area contributed by atoms with Gasteiger partial charge < -0.3 is 10.1 Å². The van der Waals surface area contributed by atoms with E-state index in [-0.39, 0.29) is 12.5 Å². The van der Waals surface area contributed by atoms with Gasteiger partial charge in [-0.05, 0) is 48.4 Å². The van der Waals surface area contributed by atoms with Crippen molar-refractivity contribution in [2.24, 2.45) is 0 Å². The molecule has 0 spiro atoms. The van der Waals surface area contributed by atoms with Crippen molar-refractivity contribution < 1.29 is 9.53 Å². The van der Waals surface area contributed by atoms with Crippen LogP contribution in [0.3, 0.4) is 0 Å². The smallest absolute Gasteiger partial charge is 0.249 e. The van der Waals surface area contributed by atoms with E-state index in [2.05, 4.69) is 31.4 Å². The number of rotatable bonds is 6. The van der Waals surface area contributed by atoms with Gasteiger partial charge in [0.25, 0.3) is 0 Å². The third-order valence-electron chi connectivity index (χ3n) is 3.91. The van der Waals surface area contributed by atoms with Crippen LogP contribution in [0.15, 0.2) is 59.1 Å². The summed E-state index contributed by atoms with van der Waals surface area (Å²) >= 11 is 3.46. The predicted octanol–water partition coefficient (Wildman–Crippen LogP) is 4.70. The highest BCUT2D eigenvalue weighted by atomic mass is 79.9. The zero-order valence-electron chi connectivity index (χ0n) is 15.1. The van der Waals surface area contributed by atoms with Crippen LogP contribution in [0.1, 0.15) is 11.3 Å². The van der Waals surface area contributed by atoms with Gasteiger partial charge in [-0.1, -0.05) is 40.2 Å². The number of ether oxygens (including phenoxy) is 1. The second kappa shape index (κ2) is 9.02. The molecule has 1 heterocycles. The van der Waals surface area contributed by atoms with Crippen molar-refractivity contribution in [3.05, 3.63) is 70.3 Å². The summed E-state index contributed by atoms with van der Waals surface area (Å²) in [5.74, 6) is 0.798. The van der Waals surface area contributed by atoms with E-state index < -0.39 is 0 Å². The van der Waals surface area contributed by atoms with E-state index >= 15 is 0 Å². The Morgan fingerprint density at radius 1 is 1.32 bits per heavy atom. The van der Waals surface area contributed by atoms with Gasteiger partial charge in [-0.25, -0.2) is 0 Å². The molecule has 140 valence electrons. The van der Waals surface area contributed by atoms with E-state index in [0.29, 0.717) is 11.6 Å². The maximum Gasteiger partial charge on any atom is 0.249 e. The fraction of sp³-hybridized carbons (Fsp3) is 0.0952. The lowest BCUT2D eigenvalue weighted by Crippen LogP contribution is -2.09. The van der Waals surface area contributed by atoms with Crippen LogP contribution in [0.2, 0.25) is 0 Å². The number of carbonyl (C=O) groups excluding carboxylic acids is 1. The summed E-state index contributed by atoms with van der Waals surface area (Å²) in [6.07, 6.45) is 3.14. The minimum absolute atomic E-state index is 0.000985. The molecule has 0 aliphatic rings. The fourth-order valence-corrected chi connectivity index (χ4v) is 3.04. The number of H-pyrrole nitrogens is 1. The molecule has 1 amide bonds. The molecule has 0 radical (unpaired) electrons. The molecule has 0 atom stereocenters. The molecule has 0 unspecified atom stereocenters. The van der Waals surface area contributed by atoms with Gasteiger partial charge in [0, 0.05) is 21.8 Å². The Labute approximate surface area is 171 Å². The Morgan fingerprint density at radius 2 is 2.11 bits per heavy atom. The number of nitrogens with one attached hydrogen (secondary N) is 2. The molecule has 6 nitrogen and oxygen atoms in total. The number of nitriles is 1. The van der Waals surface area contributed by atoms with Gasteiger partial charge >= 0.3 is 0 Å². The van der Waals surface area contributed by atoms with Gasteiger partial charge in [0.1, 0.15) is 11.8 Å². The highest BCUT2D eigenvalue weighted by molar-refractivity contribution is 9.10. The fourth-order valence-electron chi connectivity index (χ4n) is 2.64. The number of benzene rings is 2. The molecule has 3 rings (SSSR count). The highest BCUT2D eigenvalue weighted by Gasteiger charge is 2.14. The normalized spacial score (nSPS) is 10.6. The van der Waals surface area contributed by atoms with Crippen molar-refractivity contribution in [3.8, 4) is 22.9 Å². The van der Waals surface area contributed by atoms with Gasteiger partial charge in [-0.2, -0.15) is 10.4 Å². The lowest BCUT2D eigenvalue weighted by atomic mass is 10.1. The number of amides is 1. The maximum atomic E-state index is 12.3. The van der Waals surface area contributed by atoms with Crippen LogP contribution in [0.25, 0.3) is 17.2 Å². The second-order valence-electron chi connectivity index (χ2n) is 5.92. The van der Waals surface area contributed by atoms with Crippen LogP contribution in [0.5, 0.6) is 5.75 Å². The Hall–Kier alpha value is -3.37. The summed E-state index contributed by atoms with van der Waals surface area (Å²) in [4.78, 5) is 12.3. The van der Waals surface area contributed by atoms with Gasteiger partial charge in [0.15, 0.2) is 12.4 Å². The van der Waals surface area contributed by atoms with Crippen LogP contribution in [0.4, 0.5) is 5.82 Å². The molecule has 0 bridgehead atoms.